The number of nitrogens with one attached hydrogen (secondary N) is 2. The number of hydrogen-bond donors (Lipinski definition) is 3. The molecule has 0 saturated carbocycles. The first-order chi connectivity index (χ1) is 8.92. The van der Waals surface area contributed by atoms with E-state index >= 15 is 0 Å². The topological polar surface area (TPSA) is 95.1 Å². The fourth-order valence-electron chi connectivity index (χ4n) is 1.46. The molecular formula is C11H12BrN3O3S. The lowest BCUT2D eigenvalue weighted by molar-refractivity contribution is 0.277. The standard InChI is InChI=1S/C11H12BrN3O3S/c1-7-2-11(14-5-10(7)12)15-19(17,18)9-3-8(6-16)13-4-9/h2-5,13,16H,6H2,1H3,(H,14,15). The van der Waals surface area contributed by atoms with Crippen molar-refractivity contribution >= 4 is 31.8 Å². The fraction of sp³-hybridized carbons (Fsp3) is 0.182. The molecule has 0 aliphatic carbocycles. The molecule has 8 heteroatoms. The second-order valence-corrected chi connectivity index (χ2v) is 6.48. The monoisotopic (exact) mass is 345 g/mol. The van der Waals surface area contributed by atoms with Gasteiger partial charge in [-0.1, -0.05) is 0 Å². The summed E-state index contributed by atoms with van der Waals surface area (Å²) < 4.78 is 27.3. The number of aryl methyl sites for hydroxylation is 1. The van der Waals surface area contributed by atoms with E-state index < -0.39 is 10.0 Å². The maximum absolute atomic E-state index is 12.1. The number of H-pyrrole nitrogens is 1. The van der Waals surface area contributed by atoms with Gasteiger partial charge in [-0.05, 0) is 40.5 Å². The third-order valence-corrected chi connectivity index (χ3v) is 4.65. The number of nitrogens with zero attached hydrogens (tertiary/aromatic N) is 1. The molecule has 0 amide bonds. The Bertz CT molecular complexity index is 697. The number of aromatic amines is 1. The molecule has 0 fully saturated rings. The predicted molar refractivity (Wildman–Crippen MR) is 74.2 cm³/mol. The normalized spacial score (nSPS) is 11.5. The van der Waals surface area contributed by atoms with E-state index in [1.165, 1.54) is 18.5 Å². The molecule has 0 aliphatic rings. The van der Waals surface area contributed by atoms with Gasteiger partial charge in [0, 0.05) is 22.6 Å². The van der Waals surface area contributed by atoms with Gasteiger partial charge >= 0.3 is 0 Å². The van der Waals surface area contributed by atoms with Crippen molar-refractivity contribution in [1.29, 1.82) is 0 Å². The minimum atomic E-state index is -3.70. The van der Waals surface area contributed by atoms with Crippen LogP contribution in [0.25, 0.3) is 0 Å². The van der Waals surface area contributed by atoms with Gasteiger partial charge in [0.1, 0.15) is 10.7 Å². The summed E-state index contributed by atoms with van der Waals surface area (Å²) >= 11 is 3.29. The van der Waals surface area contributed by atoms with Crippen molar-refractivity contribution in [3.05, 3.63) is 40.3 Å². The van der Waals surface area contributed by atoms with E-state index in [-0.39, 0.29) is 17.3 Å². The van der Waals surface area contributed by atoms with Crippen LogP contribution in [0.3, 0.4) is 0 Å². The average molecular weight is 346 g/mol. The first kappa shape index (κ1) is 14.0. The zero-order valence-corrected chi connectivity index (χ0v) is 12.4. The van der Waals surface area contributed by atoms with E-state index in [0.717, 1.165) is 10.0 Å². The van der Waals surface area contributed by atoms with Crippen LogP contribution in [0, 0.1) is 6.92 Å². The lowest BCUT2D eigenvalue weighted by Gasteiger charge is -2.06. The summed E-state index contributed by atoms with van der Waals surface area (Å²) in [7, 11) is -3.70. The van der Waals surface area contributed by atoms with Crippen LogP contribution in [-0.2, 0) is 16.6 Å². The van der Waals surface area contributed by atoms with Crippen molar-refractivity contribution < 1.29 is 13.5 Å². The fourth-order valence-corrected chi connectivity index (χ4v) is 2.69. The molecule has 2 aromatic heterocycles. The van der Waals surface area contributed by atoms with Crippen molar-refractivity contribution in [2.75, 3.05) is 4.72 Å². The Balaban J connectivity index is 2.28. The molecule has 0 spiro atoms. The lowest BCUT2D eigenvalue weighted by atomic mass is 10.3. The van der Waals surface area contributed by atoms with Gasteiger partial charge < -0.3 is 10.1 Å². The van der Waals surface area contributed by atoms with Crippen molar-refractivity contribution in [1.82, 2.24) is 9.97 Å². The van der Waals surface area contributed by atoms with Crippen LogP contribution in [-0.4, -0.2) is 23.5 Å². The molecule has 19 heavy (non-hydrogen) atoms. The highest BCUT2D eigenvalue weighted by molar-refractivity contribution is 9.10. The Morgan fingerprint density at radius 2 is 2.21 bits per heavy atom. The van der Waals surface area contributed by atoms with E-state index in [0.29, 0.717) is 5.69 Å². The molecule has 0 aromatic carbocycles. The Hall–Kier alpha value is -1.38. The van der Waals surface area contributed by atoms with Crippen molar-refractivity contribution in [2.45, 2.75) is 18.4 Å². The van der Waals surface area contributed by atoms with Crippen LogP contribution in [0.5, 0.6) is 0 Å². The van der Waals surface area contributed by atoms with Crippen LogP contribution in [0.15, 0.2) is 33.9 Å². The van der Waals surface area contributed by atoms with E-state index in [9.17, 15) is 8.42 Å². The lowest BCUT2D eigenvalue weighted by Crippen LogP contribution is -2.13. The largest absolute Gasteiger partial charge is 0.390 e. The summed E-state index contributed by atoms with van der Waals surface area (Å²) in [6, 6.07) is 3.00. The number of hydrogen-bond acceptors (Lipinski definition) is 4. The summed E-state index contributed by atoms with van der Waals surface area (Å²) in [6.45, 7) is 1.59. The maximum atomic E-state index is 12.1. The van der Waals surface area contributed by atoms with Gasteiger partial charge in [-0.2, -0.15) is 0 Å². The molecule has 102 valence electrons. The first-order valence-corrected chi connectivity index (χ1v) is 7.63. The van der Waals surface area contributed by atoms with E-state index in [4.69, 9.17) is 5.11 Å². The molecule has 2 aromatic rings. The van der Waals surface area contributed by atoms with Gasteiger partial charge in [0.2, 0.25) is 0 Å². The van der Waals surface area contributed by atoms with Crippen molar-refractivity contribution in [3.63, 3.8) is 0 Å². The van der Waals surface area contributed by atoms with Gasteiger partial charge in [-0.25, -0.2) is 13.4 Å². The number of sulfonamides is 1. The minimum Gasteiger partial charge on any atom is -0.390 e. The van der Waals surface area contributed by atoms with Crippen LogP contribution < -0.4 is 4.72 Å². The molecule has 0 radical (unpaired) electrons. The maximum Gasteiger partial charge on any atom is 0.264 e. The minimum absolute atomic E-state index is 0.0546. The quantitative estimate of drug-likeness (QED) is 0.786. The third-order valence-electron chi connectivity index (χ3n) is 2.48. The SMILES string of the molecule is Cc1cc(NS(=O)(=O)c2c[nH]c(CO)c2)ncc1Br. The summed E-state index contributed by atoms with van der Waals surface area (Å²) in [5, 5.41) is 8.91. The zero-order chi connectivity index (χ0) is 14.0. The first-order valence-electron chi connectivity index (χ1n) is 5.35. The molecule has 2 rings (SSSR count). The molecule has 0 unspecified atom stereocenters. The Kier molecular flexibility index (Phi) is 3.93. The smallest absolute Gasteiger partial charge is 0.264 e. The third kappa shape index (κ3) is 3.14. The molecule has 0 saturated heterocycles. The Morgan fingerprint density at radius 1 is 1.47 bits per heavy atom. The second kappa shape index (κ2) is 5.32. The number of pyridine rings is 1. The summed E-state index contributed by atoms with van der Waals surface area (Å²) in [6.07, 6.45) is 2.85. The molecule has 2 heterocycles. The van der Waals surface area contributed by atoms with Crippen LogP contribution in [0.4, 0.5) is 5.82 Å². The number of halogens is 1. The highest BCUT2D eigenvalue weighted by Crippen LogP contribution is 2.20. The Labute approximate surface area is 119 Å². The second-order valence-electron chi connectivity index (χ2n) is 3.94. The summed E-state index contributed by atoms with van der Waals surface area (Å²) in [4.78, 5) is 6.71. The summed E-state index contributed by atoms with van der Waals surface area (Å²) in [5.74, 6) is 0.243. The van der Waals surface area contributed by atoms with Gasteiger partial charge in [0.25, 0.3) is 10.0 Å². The number of aliphatic hydroxyl groups excluding tert-OH is 1. The van der Waals surface area contributed by atoms with Gasteiger partial charge in [0.05, 0.1) is 6.61 Å². The van der Waals surface area contributed by atoms with Crippen LogP contribution in [0.2, 0.25) is 0 Å². The predicted octanol–water partition coefficient (Wildman–Crippen LogP) is 1.77. The van der Waals surface area contributed by atoms with Gasteiger partial charge in [-0.3, -0.25) is 4.72 Å². The highest BCUT2D eigenvalue weighted by Gasteiger charge is 2.17. The van der Waals surface area contributed by atoms with Crippen LogP contribution in [0.1, 0.15) is 11.3 Å². The van der Waals surface area contributed by atoms with Gasteiger partial charge in [0.15, 0.2) is 0 Å². The van der Waals surface area contributed by atoms with E-state index in [1.54, 1.807) is 6.07 Å². The number of anilines is 1. The zero-order valence-electron chi connectivity index (χ0n) is 10.0. The Morgan fingerprint density at radius 3 is 2.79 bits per heavy atom. The highest BCUT2D eigenvalue weighted by atomic mass is 79.9. The summed E-state index contributed by atoms with van der Waals surface area (Å²) in [5.41, 5.74) is 1.30. The molecular weight excluding hydrogens is 334 g/mol. The average Bonchev–Trinajstić information content (AvgIpc) is 2.83. The molecule has 0 bridgehead atoms. The molecule has 6 nitrogen and oxygen atoms in total. The molecule has 3 N–H and O–H groups in total. The van der Waals surface area contributed by atoms with E-state index in [2.05, 4.69) is 30.6 Å². The number of aliphatic hydroxyl groups is 1. The van der Waals surface area contributed by atoms with Gasteiger partial charge in [-0.15, -0.1) is 0 Å². The van der Waals surface area contributed by atoms with Crippen molar-refractivity contribution in [2.24, 2.45) is 0 Å². The van der Waals surface area contributed by atoms with Crippen molar-refractivity contribution in [3.8, 4) is 0 Å². The molecule has 0 aliphatic heterocycles. The number of rotatable bonds is 4. The van der Waals surface area contributed by atoms with Crippen LogP contribution >= 0.6 is 15.9 Å². The van der Waals surface area contributed by atoms with E-state index in [1.807, 2.05) is 6.92 Å². The molecule has 0 atom stereocenters. The number of aromatic nitrogens is 2.